The van der Waals surface area contributed by atoms with Crippen LogP contribution in [0.1, 0.15) is 19.8 Å². The fourth-order valence-electron chi connectivity index (χ4n) is 2.52. The van der Waals surface area contributed by atoms with E-state index in [1.54, 1.807) is 0 Å². The lowest BCUT2D eigenvalue weighted by molar-refractivity contribution is -0.385. The van der Waals surface area contributed by atoms with Gasteiger partial charge < -0.3 is 10.2 Å². The zero-order chi connectivity index (χ0) is 14.5. The lowest BCUT2D eigenvalue weighted by atomic mass is 10.1. The van der Waals surface area contributed by atoms with Crippen LogP contribution < -0.4 is 5.32 Å². The van der Waals surface area contributed by atoms with Gasteiger partial charge in [0.1, 0.15) is 0 Å². The molecule has 0 aromatic heterocycles. The standard InChI is InChI=1S/C14H20FN3O2/c1-11(10-17-6-2-3-7-17)9-16-14-5-4-12(18(19)20)8-13(14)15/h4-5,8,11,16H,2-3,6-7,9-10H2,1H3. The lowest BCUT2D eigenvalue weighted by Crippen LogP contribution is -2.29. The summed E-state index contributed by atoms with van der Waals surface area (Å²) in [5.41, 5.74) is 0.0991. The maximum absolute atomic E-state index is 13.7. The molecule has 0 spiro atoms. The molecule has 1 aliphatic heterocycles. The molecule has 0 saturated carbocycles. The number of rotatable bonds is 6. The molecule has 6 heteroatoms. The largest absolute Gasteiger partial charge is 0.382 e. The second-order valence-electron chi connectivity index (χ2n) is 5.42. The van der Waals surface area contributed by atoms with Crippen molar-refractivity contribution < 1.29 is 9.31 Å². The first kappa shape index (κ1) is 14.7. The molecule has 0 aliphatic carbocycles. The number of hydrogen-bond donors (Lipinski definition) is 1. The molecule has 1 saturated heterocycles. The monoisotopic (exact) mass is 281 g/mol. The third-order valence-electron chi connectivity index (χ3n) is 3.57. The molecule has 1 atom stereocenters. The van der Waals surface area contributed by atoms with Crippen LogP contribution in [0, 0.1) is 21.8 Å². The fourth-order valence-corrected chi connectivity index (χ4v) is 2.52. The molecule has 2 rings (SSSR count). The highest BCUT2D eigenvalue weighted by molar-refractivity contribution is 5.50. The fraction of sp³-hybridized carbons (Fsp3) is 0.571. The second kappa shape index (κ2) is 6.65. The number of nitro benzene ring substituents is 1. The summed E-state index contributed by atoms with van der Waals surface area (Å²) < 4.78 is 13.7. The van der Waals surface area contributed by atoms with E-state index < -0.39 is 10.7 Å². The third-order valence-corrected chi connectivity index (χ3v) is 3.57. The van der Waals surface area contributed by atoms with Crippen LogP contribution >= 0.6 is 0 Å². The van der Waals surface area contributed by atoms with Gasteiger partial charge in [0.05, 0.1) is 16.7 Å². The summed E-state index contributed by atoms with van der Waals surface area (Å²) in [4.78, 5) is 12.4. The topological polar surface area (TPSA) is 58.4 Å². The number of likely N-dealkylation sites (tertiary alicyclic amines) is 1. The number of benzene rings is 1. The van der Waals surface area contributed by atoms with Crippen molar-refractivity contribution in [2.45, 2.75) is 19.8 Å². The van der Waals surface area contributed by atoms with Gasteiger partial charge in [-0.05, 0) is 37.9 Å². The van der Waals surface area contributed by atoms with Crippen LogP contribution in [-0.4, -0.2) is 36.0 Å². The number of anilines is 1. The predicted octanol–water partition coefficient (Wildman–Crippen LogP) is 2.88. The van der Waals surface area contributed by atoms with Gasteiger partial charge in [-0.1, -0.05) is 6.92 Å². The van der Waals surface area contributed by atoms with Gasteiger partial charge in [-0.25, -0.2) is 4.39 Å². The molecule has 1 aliphatic rings. The van der Waals surface area contributed by atoms with Crippen LogP contribution in [0.3, 0.4) is 0 Å². The Morgan fingerprint density at radius 3 is 2.75 bits per heavy atom. The molecule has 0 radical (unpaired) electrons. The number of hydrogen-bond acceptors (Lipinski definition) is 4. The van der Waals surface area contributed by atoms with Gasteiger partial charge in [0.15, 0.2) is 5.82 Å². The van der Waals surface area contributed by atoms with E-state index in [4.69, 9.17) is 0 Å². The summed E-state index contributed by atoms with van der Waals surface area (Å²) in [6.07, 6.45) is 2.52. The van der Waals surface area contributed by atoms with E-state index >= 15 is 0 Å². The van der Waals surface area contributed by atoms with E-state index in [9.17, 15) is 14.5 Å². The van der Waals surface area contributed by atoms with Gasteiger partial charge >= 0.3 is 0 Å². The van der Waals surface area contributed by atoms with Crippen LogP contribution in [0.25, 0.3) is 0 Å². The molecule has 5 nitrogen and oxygen atoms in total. The average molecular weight is 281 g/mol. The molecule has 1 unspecified atom stereocenters. The maximum Gasteiger partial charge on any atom is 0.272 e. The number of nitrogens with zero attached hydrogens (tertiary/aromatic N) is 2. The Labute approximate surface area is 117 Å². The van der Waals surface area contributed by atoms with Crippen molar-refractivity contribution in [3.63, 3.8) is 0 Å². The van der Waals surface area contributed by atoms with E-state index in [0.717, 1.165) is 25.7 Å². The number of nitro groups is 1. The van der Waals surface area contributed by atoms with Crippen molar-refractivity contribution in [1.29, 1.82) is 0 Å². The summed E-state index contributed by atoms with van der Waals surface area (Å²) in [6, 6.07) is 3.69. The number of non-ortho nitro benzene ring substituents is 1. The zero-order valence-corrected chi connectivity index (χ0v) is 11.6. The molecule has 1 N–H and O–H groups in total. The highest BCUT2D eigenvalue weighted by Gasteiger charge is 2.15. The van der Waals surface area contributed by atoms with Crippen molar-refractivity contribution in [2.24, 2.45) is 5.92 Å². The first-order chi connectivity index (χ1) is 9.56. The molecular formula is C14H20FN3O2. The normalized spacial score (nSPS) is 17.1. The Morgan fingerprint density at radius 1 is 1.45 bits per heavy atom. The maximum atomic E-state index is 13.7. The minimum absolute atomic E-state index is 0.224. The van der Waals surface area contributed by atoms with Gasteiger partial charge in [0.25, 0.3) is 5.69 Å². The van der Waals surface area contributed by atoms with Crippen LogP contribution in [0.2, 0.25) is 0 Å². The smallest absolute Gasteiger partial charge is 0.272 e. The van der Waals surface area contributed by atoms with Crippen molar-refractivity contribution in [3.05, 3.63) is 34.1 Å². The number of nitrogens with one attached hydrogen (secondary N) is 1. The molecule has 1 aromatic rings. The molecular weight excluding hydrogens is 261 g/mol. The first-order valence-corrected chi connectivity index (χ1v) is 6.96. The summed E-state index contributed by atoms with van der Waals surface area (Å²) in [7, 11) is 0. The first-order valence-electron chi connectivity index (χ1n) is 6.96. The minimum Gasteiger partial charge on any atom is -0.382 e. The van der Waals surface area contributed by atoms with Crippen molar-refractivity contribution >= 4 is 11.4 Å². The summed E-state index contributed by atoms with van der Waals surface area (Å²) >= 11 is 0. The Hall–Kier alpha value is -1.69. The van der Waals surface area contributed by atoms with E-state index in [1.807, 2.05) is 0 Å². The number of halogens is 1. The highest BCUT2D eigenvalue weighted by atomic mass is 19.1. The van der Waals surface area contributed by atoms with Crippen molar-refractivity contribution in [1.82, 2.24) is 4.90 Å². The molecule has 1 heterocycles. The zero-order valence-electron chi connectivity index (χ0n) is 11.6. The van der Waals surface area contributed by atoms with Gasteiger partial charge in [-0.2, -0.15) is 0 Å². The van der Waals surface area contributed by atoms with Gasteiger partial charge in [0.2, 0.25) is 0 Å². The quantitative estimate of drug-likeness (QED) is 0.643. The van der Waals surface area contributed by atoms with Gasteiger partial charge in [-0.3, -0.25) is 10.1 Å². The van der Waals surface area contributed by atoms with Crippen LogP contribution in [-0.2, 0) is 0 Å². The van der Waals surface area contributed by atoms with Crippen LogP contribution in [0.4, 0.5) is 15.8 Å². The minimum atomic E-state index is -0.594. The molecule has 1 fully saturated rings. The van der Waals surface area contributed by atoms with Crippen LogP contribution in [0.15, 0.2) is 18.2 Å². The van der Waals surface area contributed by atoms with E-state index in [-0.39, 0.29) is 5.69 Å². The lowest BCUT2D eigenvalue weighted by Gasteiger charge is -2.21. The highest BCUT2D eigenvalue weighted by Crippen LogP contribution is 2.21. The summed E-state index contributed by atoms with van der Waals surface area (Å²) in [5, 5.41) is 13.6. The molecule has 1 aromatic carbocycles. The van der Waals surface area contributed by atoms with Crippen molar-refractivity contribution in [3.8, 4) is 0 Å². The van der Waals surface area contributed by atoms with E-state index in [0.29, 0.717) is 18.2 Å². The summed E-state index contributed by atoms with van der Waals surface area (Å²) in [5.74, 6) is -0.171. The SMILES string of the molecule is CC(CNc1ccc([N+](=O)[O-])cc1F)CN1CCCC1. The molecule has 0 amide bonds. The Morgan fingerprint density at radius 2 is 2.15 bits per heavy atom. The molecule has 0 bridgehead atoms. The van der Waals surface area contributed by atoms with Gasteiger partial charge in [-0.15, -0.1) is 0 Å². The molecule has 110 valence electrons. The third kappa shape index (κ3) is 3.90. The van der Waals surface area contributed by atoms with Crippen molar-refractivity contribution in [2.75, 3.05) is 31.5 Å². The predicted molar refractivity (Wildman–Crippen MR) is 76.4 cm³/mol. The summed E-state index contributed by atoms with van der Waals surface area (Å²) in [6.45, 7) is 6.08. The Balaban J connectivity index is 1.85. The second-order valence-corrected chi connectivity index (χ2v) is 5.42. The van der Waals surface area contributed by atoms with Crippen LogP contribution in [0.5, 0.6) is 0 Å². The van der Waals surface area contributed by atoms with E-state index in [1.165, 1.54) is 25.0 Å². The molecule has 20 heavy (non-hydrogen) atoms. The Kier molecular flexibility index (Phi) is 4.89. The van der Waals surface area contributed by atoms with Gasteiger partial charge in [0, 0.05) is 19.2 Å². The average Bonchev–Trinajstić information content (AvgIpc) is 2.90. The van der Waals surface area contributed by atoms with E-state index in [2.05, 4.69) is 17.1 Å². The Bertz CT molecular complexity index is 475.